The fourth-order valence-electron chi connectivity index (χ4n) is 2.77. The van der Waals surface area contributed by atoms with Gasteiger partial charge in [-0.3, -0.25) is 9.59 Å². The van der Waals surface area contributed by atoms with Crippen molar-refractivity contribution in [2.75, 3.05) is 27.2 Å². The number of hydrogen-bond donors (Lipinski definition) is 4. The van der Waals surface area contributed by atoms with Crippen LogP contribution < -0.4 is 4.74 Å². The molecule has 0 unspecified atom stereocenters. The third-order valence-electron chi connectivity index (χ3n) is 4.39. The molecule has 11 heteroatoms. The van der Waals surface area contributed by atoms with Crippen LogP contribution in [0.4, 0.5) is 0 Å². The molecule has 0 bridgehead atoms. The highest BCUT2D eigenvalue weighted by Crippen LogP contribution is 2.34. The van der Waals surface area contributed by atoms with E-state index in [2.05, 4.69) is 67.1 Å². The van der Waals surface area contributed by atoms with Gasteiger partial charge in [-0.1, -0.05) is 46.3 Å². The number of carbonyl (C=O) groups is 3. The first kappa shape index (κ1) is 29.6. The molecule has 0 saturated carbocycles. The number of ether oxygens (including phenoxy) is 1. The summed E-state index contributed by atoms with van der Waals surface area (Å²) < 4.78 is 8.04. The van der Waals surface area contributed by atoms with Crippen molar-refractivity contribution in [2.24, 2.45) is 0 Å². The molecule has 0 spiro atoms. The van der Waals surface area contributed by atoms with Crippen molar-refractivity contribution >= 4 is 49.8 Å². The van der Waals surface area contributed by atoms with Crippen LogP contribution in [0.5, 0.6) is 5.75 Å². The Morgan fingerprint density at radius 2 is 1.53 bits per heavy atom. The Morgan fingerprint density at radius 3 is 2.00 bits per heavy atom. The van der Waals surface area contributed by atoms with Gasteiger partial charge in [-0.15, -0.1) is 0 Å². The molecule has 4 N–H and O–H groups in total. The zero-order chi connectivity index (χ0) is 25.9. The van der Waals surface area contributed by atoms with E-state index < -0.39 is 36.4 Å². The Labute approximate surface area is 214 Å². The fourth-order valence-corrected chi connectivity index (χ4v) is 4.19. The lowest BCUT2D eigenvalue weighted by atomic mass is 9.96. The second-order valence-corrected chi connectivity index (χ2v) is 9.44. The fraction of sp³-hybridized carbons (Fsp3) is 0.348. The average molecular weight is 605 g/mol. The smallest absolute Gasteiger partial charge is 0.336 e. The van der Waals surface area contributed by atoms with Gasteiger partial charge in [0.15, 0.2) is 5.60 Å². The van der Waals surface area contributed by atoms with Gasteiger partial charge < -0.3 is 30.1 Å². The number of hydrogen-bond acceptors (Lipinski definition) is 6. The van der Waals surface area contributed by atoms with Crippen LogP contribution in [-0.2, 0) is 20.8 Å². The van der Waals surface area contributed by atoms with E-state index in [1.807, 2.05) is 26.2 Å². The number of carboxylic acid groups (broad SMARTS) is 3. The highest BCUT2D eigenvalue weighted by molar-refractivity contribution is 9.11. The van der Waals surface area contributed by atoms with E-state index in [1.54, 1.807) is 0 Å². The van der Waals surface area contributed by atoms with Crippen LogP contribution in [0.2, 0.25) is 0 Å². The van der Waals surface area contributed by atoms with Gasteiger partial charge in [0, 0.05) is 23.0 Å². The summed E-state index contributed by atoms with van der Waals surface area (Å²) in [6.07, 6.45) is -1.43. The van der Waals surface area contributed by atoms with Gasteiger partial charge in [-0.2, -0.15) is 0 Å². The number of likely N-dealkylation sites (N-methyl/N-ethyl adjacent to an activating group) is 1. The van der Waals surface area contributed by atoms with Crippen molar-refractivity contribution in [1.29, 1.82) is 0 Å². The third-order valence-corrected chi connectivity index (χ3v) is 5.44. The van der Waals surface area contributed by atoms with Crippen molar-refractivity contribution in [1.82, 2.24) is 4.90 Å². The second kappa shape index (κ2) is 14.1. The highest BCUT2D eigenvalue weighted by atomic mass is 79.9. The lowest BCUT2D eigenvalue weighted by Crippen LogP contribution is -2.42. The number of rotatable bonds is 11. The number of benzene rings is 2. The number of carboxylic acids is 3. The molecule has 0 radical (unpaired) electrons. The van der Waals surface area contributed by atoms with E-state index in [4.69, 9.17) is 25.2 Å². The van der Waals surface area contributed by atoms with Gasteiger partial charge in [0.25, 0.3) is 0 Å². The van der Waals surface area contributed by atoms with Gasteiger partial charge in [0.1, 0.15) is 12.4 Å². The maximum atomic E-state index is 10.3. The molecule has 2 aromatic carbocycles. The minimum atomic E-state index is -2.74. The lowest BCUT2D eigenvalue weighted by molar-refractivity contribution is -0.170. The van der Waals surface area contributed by atoms with Crippen molar-refractivity contribution in [3.63, 3.8) is 0 Å². The molecule has 0 aliphatic rings. The SMILES string of the molecule is CN(C)CCOc1c(Br)cc(Br)cc1Cc1ccccc1.O=C(O)CC(O)(CC(=O)O)C(=O)O. The number of halogens is 2. The topological polar surface area (TPSA) is 145 Å². The molecular weight excluding hydrogens is 578 g/mol. The summed E-state index contributed by atoms with van der Waals surface area (Å²) in [4.78, 5) is 32.6. The minimum Gasteiger partial charge on any atom is -0.491 e. The number of aliphatic hydroxyl groups is 1. The monoisotopic (exact) mass is 603 g/mol. The third kappa shape index (κ3) is 10.6. The number of nitrogens with zero attached hydrogens (tertiary/aromatic N) is 1. The normalized spacial score (nSPS) is 10.9. The quantitative estimate of drug-likeness (QED) is 0.303. The molecule has 0 aliphatic heterocycles. The Balaban J connectivity index is 0.000000385. The summed E-state index contributed by atoms with van der Waals surface area (Å²) in [5.74, 6) is -4.08. The molecule has 0 fully saturated rings. The summed E-state index contributed by atoms with van der Waals surface area (Å²) in [5.41, 5.74) is -0.279. The Hall–Kier alpha value is -2.47. The maximum absolute atomic E-state index is 10.3. The number of aliphatic carboxylic acids is 3. The summed E-state index contributed by atoms with van der Waals surface area (Å²) in [7, 11) is 4.09. The van der Waals surface area contributed by atoms with Gasteiger partial charge in [0.2, 0.25) is 0 Å². The molecule has 0 heterocycles. The summed E-state index contributed by atoms with van der Waals surface area (Å²) in [6, 6.07) is 14.6. The predicted molar refractivity (Wildman–Crippen MR) is 132 cm³/mol. The Bertz CT molecular complexity index is 966. The van der Waals surface area contributed by atoms with Crippen LogP contribution in [0.1, 0.15) is 24.0 Å². The van der Waals surface area contributed by atoms with E-state index in [0.717, 1.165) is 27.7 Å². The Morgan fingerprint density at radius 1 is 0.971 bits per heavy atom. The van der Waals surface area contributed by atoms with Crippen LogP contribution in [0.3, 0.4) is 0 Å². The molecule has 0 aromatic heterocycles. The van der Waals surface area contributed by atoms with Gasteiger partial charge in [0.05, 0.1) is 17.3 Å². The molecule has 0 aliphatic carbocycles. The van der Waals surface area contributed by atoms with Gasteiger partial charge in [-0.25, -0.2) is 4.79 Å². The molecule has 9 nitrogen and oxygen atoms in total. The molecule has 186 valence electrons. The summed E-state index contributed by atoms with van der Waals surface area (Å²) >= 11 is 7.17. The first-order chi connectivity index (χ1) is 15.8. The predicted octanol–water partition coefficient (Wildman–Crippen LogP) is 3.49. The van der Waals surface area contributed by atoms with E-state index in [1.165, 1.54) is 11.1 Å². The van der Waals surface area contributed by atoms with E-state index >= 15 is 0 Å². The van der Waals surface area contributed by atoms with Crippen molar-refractivity contribution in [3.8, 4) is 5.75 Å². The van der Waals surface area contributed by atoms with E-state index in [9.17, 15) is 14.4 Å². The second-order valence-electron chi connectivity index (χ2n) is 7.67. The summed E-state index contributed by atoms with van der Waals surface area (Å²) in [6.45, 7) is 1.57. The first-order valence-electron chi connectivity index (χ1n) is 10.0. The Kier molecular flexibility index (Phi) is 12.2. The van der Waals surface area contributed by atoms with Crippen molar-refractivity contribution in [3.05, 3.63) is 62.5 Å². The zero-order valence-electron chi connectivity index (χ0n) is 18.7. The molecule has 0 amide bonds. The van der Waals surface area contributed by atoms with Gasteiger partial charge in [-0.05, 0) is 47.7 Å². The zero-order valence-corrected chi connectivity index (χ0v) is 21.9. The van der Waals surface area contributed by atoms with Crippen LogP contribution in [0, 0.1) is 0 Å². The standard InChI is InChI=1S/C17H19Br2NO.C6H8O7/c1-20(2)8-9-21-17-14(11-15(18)12-16(17)19)10-13-6-4-3-5-7-13;7-3(8)1-6(13,5(11)12)2-4(9)10/h3-7,11-12H,8-10H2,1-2H3;13H,1-2H2,(H,7,8)(H,9,10)(H,11,12). The van der Waals surface area contributed by atoms with Crippen LogP contribution in [0.15, 0.2) is 51.4 Å². The van der Waals surface area contributed by atoms with Crippen LogP contribution in [-0.4, -0.2) is 76.1 Å². The molecule has 34 heavy (non-hydrogen) atoms. The maximum Gasteiger partial charge on any atom is 0.336 e. The van der Waals surface area contributed by atoms with Crippen molar-refractivity contribution < 1.29 is 39.5 Å². The summed E-state index contributed by atoms with van der Waals surface area (Å²) in [5, 5.41) is 33.8. The molecule has 2 aromatic rings. The molecule has 2 rings (SSSR count). The molecule has 0 saturated heterocycles. The van der Waals surface area contributed by atoms with Gasteiger partial charge >= 0.3 is 17.9 Å². The van der Waals surface area contributed by atoms with E-state index in [-0.39, 0.29) is 0 Å². The van der Waals surface area contributed by atoms with Crippen LogP contribution >= 0.6 is 31.9 Å². The molecule has 0 atom stereocenters. The van der Waals surface area contributed by atoms with Crippen molar-refractivity contribution in [2.45, 2.75) is 24.9 Å². The minimum absolute atomic E-state index is 0.676. The van der Waals surface area contributed by atoms with E-state index in [0.29, 0.717) is 6.61 Å². The lowest BCUT2D eigenvalue weighted by Gasteiger charge is -2.18. The highest BCUT2D eigenvalue weighted by Gasteiger charge is 2.40. The molecular formula is C23H27Br2NO8. The largest absolute Gasteiger partial charge is 0.491 e. The average Bonchev–Trinajstić information content (AvgIpc) is 2.69. The first-order valence-corrected chi connectivity index (χ1v) is 11.6. The van der Waals surface area contributed by atoms with Crippen LogP contribution in [0.25, 0.3) is 0 Å².